The highest BCUT2D eigenvalue weighted by Gasteiger charge is 2.07. The van der Waals surface area contributed by atoms with Gasteiger partial charge >= 0.3 is 0 Å². The molecule has 98 valence electrons. The van der Waals surface area contributed by atoms with Crippen LogP contribution in [0, 0.1) is 6.92 Å². The topological polar surface area (TPSA) is 38.1 Å². The highest BCUT2D eigenvalue weighted by molar-refractivity contribution is 5.66. The van der Waals surface area contributed by atoms with Crippen molar-refractivity contribution in [3.63, 3.8) is 0 Å². The highest BCUT2D eigenvalue weighted by Crippen LogP contribution is 2.22. The van der Waals surface area contributed by atoms with Crippen molar-refractivity contribution in [2.75, 3.05) is 7.05 Å². The van der Waals surface area contributed by atoms with E-state index in [0.717, 1.165) is 34.2 Å². The first-order valence-corrected chi connectivity index (χ1v) is 6.20. The quantitative estimate of drug-likeness (QED) is 0.900. The van der Waals surface area contributed by atoms with Gasteiger partial charge in [0.05, 0.1) is 5.69 Å². The molecular weight excluding hydrogens is 236 g/mol. The van der Waals surface area contributed by atoms with E-state index in [1.807, 2.05) is 51.2 Å². The molecule has 0 radical (unpaired) electrons. The maximum absolute atomic E-state index is 5.60. The Morgan fingerprint density at radius 2 is 2.11 bits per heavy atom. The van der Waals surface area contributed by atoms with Crippen LogP contribution in [0.3, 0.4) is 0 Å². The molecule has 2 heterocycles. The van der Waals surface area contributed by atoms with Crippen LogP contribution >= 0.6 is 0 Å². The zero-order chi connectivity index (χ0) is 13.8. The predicted octanol–water partition coefficient (Wildman–Crippen LogP) is 3.87. The number of hydrogen-bond donors (Lipinski definition) is 1. The molecule has 0 aromatic carbocycles. The fourth-order valence-corrected chi connectivity index (χ4v) is 1.76. The molecular formula is C16H18N2O. The van der Waals surface area contributed by atoms with Crippen molar-refractivity contribution in [1.29, 1.82) is 0 Å². The first-order valence-electron chi connectivity index (χ1n) is 6.20. The summed E-state index contributed by atoms with van der Waals surface area (Å²) >= 11 is 0. The standard InChI is InChI=1S/C16H18N2O/c1-5-13-7-8-14(16-9-6-12(3)19-16)18-15(13)10-11(2)17-4/h5-10,17H,1H2,2-4H3/b11-10+. The predicted molar refractivity (Wildman–Crippen MR) is 79.5 cm³/mol. The van der Waals surface area contributed by atoms with E-state index in [1.54, 1.807) is 6.08 Å². The highest BCUT2D eigenvalue weighted by atomic mass is 16.3. The lowest BCUT2D eigenvalue weighted by atomic mass is 10.1. The molecule has 0 amide bonds. The summed E-state index contributed by atoms with van der Waals surface area (Å²) in [4.78, 5) is 4.63. The molecule has 0 spiro atoms. The Hall–Kier alpha value is -2.29. The molecule has 0 bridgehead atoms. The van der Waals surface area contributed by atoms with E-state index in [-0.39, 0.29) is 0 Å². The molecule has 0 saturated carbocycles. The van der Waals surface area contributed by atoms with E-state index in [2.05, 4.69) is 16.9 Å². The zero-order valence-electron chi connectivity index (χ0n) is 11.5. The fourth-order valence-electron chi connectivity index (χ4n) is 1.76. The van der Waals surface area contributed by atoms with Crippen LogP contribution in [0.15, 0.2) is 41.0 Å². The van der Waals surface area contributed by atoms with Crippen LogP contribution in [0.4, 0.5) is 0 Å². The monoisotopic (exact) mass is 254 g/mol. The Morgan fingerprint density at radius 1 is 1.32 bits per heavy atom. The molecule has 2 aromatic rings. The molecule has 0 unspecified atom stereocenters. The van der Waals surface area contributed by atoms with E-state index in [1.165, 1.54) is 0 Å². The summed E-state index contributed by atoms with van der Waals surface area (Å²) in [6.07, 6.45) is 3.80. The number of allylic oxidation sites excluding steroid dienone is 1. The van der Waals surface area contributed by atoms with Crippen molar-refractivity contribution in [1.82, 2.24) is 10.3 Å². The van der Waals surface area contributed by atoms with Crippen LogP contribution in [-0.2, 0) is 0 Å². The van der Waals surface area contributed by atoms with Gasteiger partial charge in [0.1, 0.15) is 11.5 Å². The molecule has 3 nitrogen and oxygen atoms in total. The van der Waals surface area contributed by atoms with Gasteiger partial charge in [-0.1, -0.05) is 18.7 Å². The number of aromatic nitrogens is 1. The zero-order valence-corrected chi connectivity index (χ0v) is 11.5. The lowest BCUT2D eigenvalue weighted by molar-refractivity contribution is 0.546. The van der Waals surface area contributed by atoms with Gasteiger partial charge in [0.15, 0.2) is 5.76 Å². The minimum absolute atomic E-state index is 0.782. The Labute approximate surface area is 113 Å². The van der Waals surface area contributed by atoms with Crippen LogP contribution in [-0.4, -0.2) is 12.0 Å². The molecule has 0 fully saturated rings. The van der Waals surface area contributed by atoms with Crippen LogP contribution in [0.1, 0.15) is 23.9 Å². The first kappa shape index (κ1) is 13.1. The maximum atomic E-state index is 5.60. The number of nitrogens with one attached hydrogen (secondary N) is 1. The number of aryl methyl sites for hydroxylation is 1. The van der Waals surface area contributed by atoms with Crippen LogP contribution < -0.4 is 5.32 Å². The summed E-state index contributed by atoms with van der Waals surface area (Å²) in [6.45, 7) is 7.74. The van der Waals surface area contributed by atoms with E-state index >= 15 is 0 Å². The summed E-state index contributed by atoms with van der Waals surface area (Å²) in [6, 6.07) is 7.82. The number of furan rings is 1. The van der Waals surface area contributed by atoms with Gasteiger partial charge in [0.2, 0.25) is 0 Å². The molecule has 1 N–H and O–H groups in total. The second-order valence-corrected chi connectivity index (χ2v) is 4.36. The Balaban J connectivity index is 2.49. The molecule has 0 aliphatic rings. The molecule has 19 heavy (non-hydrogen) atoms. The smallest absolute Gasteiger partial charge is 0.152 e. The average Bonchev–Trinajstić information content (AvgIpc) is 2.85. The molecule has 0 aliphatic heterocycles. The van der Waals surface area contributed by atoms with Crippen LogP contribution in [0.2, 0.25) is 0 Å². The van der Waals surface area contributed by atoms with Crippen molar-refractivity contribution in [2.45, 2.75) is 13.8 Å². The van der Waals surface area contributed by atoms with Gasteiger partial charge < -0.3 is 9.73 Å². The summed E-state index contributed by atoms with van der Waals surface area (Å²) in [5.74, 6) is 1.66. The van der Waals surface area contributed by atoms with Crippen molar-refractivity contribution in [3.05, 3.63) is 53.6 Å². The maximum Gasteiger partial charge on any atom is 0.152 e. The lowest BCUT2D eigenvalue weighted by Gasteiger charge is -2.05. The minimum Gasteiger partial charge on any atom is -0.460 e. The fraction of sp³-hybridized carbons (Fsp3) is 0.188. The van der Waals surface area contributed by atoms with Crippen LogP contribution in [0.25, 0.3) is 23.6 Å². The van der Waals surface area contributed by atoms with Gasteiger partial charge in [0, 0.05) is 12.7 Å². The van der Waals surface area contributed by atoms with E-state index in [9.17, 15) is 0 Å². The van der Waals surface area contributed by atoms with E-state index in [4.69, 9.17) is 4.42 Å². The van der Waals surface area contributed by atoms with Gasteiger partial charge in [-0.25, -0.2) is 4.98 Å². The van der Waals surface area contributed by atoms with E-state index < -0.39 is 0 Å². The lowest BCUT2D eigenvalue weighted by Crippen LogP contribution is -2.02. The van der Waals surface area contributed by atoms with Crippen molar-refractivity contribution >= 4 is 12.2 Å². The molecule has 0 atom stereocenters. The number of hydrogen-bond acceptors (Lipinski definition) is 3. The first-order chi connectivity index (χ1) is 9.13. The molecule has 2 aromatic heterocycles. The third-order valence-electron chi connectivity index (χ3n) is 2.92. The number of nitrogens with zero attached hydrogens (tertiary/aromatic N) is 1. The van der Waals surface area contributed by atoms with Gasteiger partial charge in [-0.2, -0.15) is 0 Å². The summed E-state index contributed by atoms with van der Waals surface area (Å²) in [5.41, 5.74) is 3.76. The molecule has 0 saturated heterocycles. The van der Waals surface area contributed by atoms with Crippen molar-refractivity contribution in [2.24, 2.45) is 0 Å². The minimum atomic E-state index is 0.782. The van der Waals surface area contributed by atoms with Gasteiger partial charge in [-0.3, -0.25) is 0 Å². The number of rotatable bonds is 4. The van der Waals surface area contributed by atoms with Gasteiger partial charge in [-0.05, 0) is 43.7 Å². The van der Waals surface area contributed by atoms with Gasteiger partial charge in [0.25, 0.3) is 0 Å². The normalized spacial score (nSPS) is 11.4. The third-order valence-corrected chi connectivity index (χ3v) is 2.92. The third kappa shape index (κ3) is 2.94. The summed E-state index contributed by atoms with van der Waals surface area (Å²) in [7, 11) is 1.89. The molecule has 0 aliphatic carbocycles. The van der Waals surface area contributed by atoms with Crippen molar-refractivity contribution in [3.8, 4) is 11.5 Å². The number of pyridine rings is 1. The molecule has 2 rings (SSSR count). The second kappa shape index (κ2) is 5.57. The largest absolute Gasteiger partial charge is 0.460 e. The Morgan fingerprint density at radius 3 is 2.68 bits per heavy atom. The summed E-state index contributed by atoms with van der Waals surface area (Å²) < 4.78 is 5.60. The Kier molecular flexibility index (Phi) is 3.85. The summed E-state index contributed by atoms with van der Waals surface area (Å²) in [5, 5.41) is 3.09. The second-order valence-electron chi connectivity index (χ2n) is 4.36. The van der Waals surface area contributed by atoms with E-state index in [0.29, 0.717) is 0 Å². The van der Waals surface area contributed by atoms with Crippen LogP contribution in [0.5, 0.6) is 0 Å². The van der Waals surface area contributed by atoms with Crippen molar-refractivity contribution < 1.29 is 4.42 Å². The SMILES string of the molecule is C=Cc1ccc(-c2ccc(C)o2)nc1/C=C(\C)NC. The average molecular weight is 254 g/mol. The Bertz CT molecular complexity index is 623. The van der Waals surface area contributed by atoms with Gasteiger partial charge in [-0.15, -0.1) is 0 Å². The molecule has 3 heteroatoms.